The Bertz CT molecular complexity index is 892. The summed E-state index contributed by atoms with van der Waals surface area (Å²) in [5.41, 5.74) is 4.02. The first-order chi connectivity index (χ1) is 12.6. The fraction of sp³-hybridized carbons (Fsp3) is 0.250. The van der Waals surface area contributed by atoms with E-state index in [4.69, 9.17) is 4.84 Å². The van der Waals surface area contributed by atoms with E-state index in [0.717, 1.165) is 16.8 Å². The second-order valence-electron chi connectivity index (χ2n) is 6.50. The molecular weight excluding hydrogens is 330 g/mol. The zero-order valence-electron chi connectivity index (χ0n) is 14.4. The molecule has 2 aliphatic rings. The van der Waals surface area contributed by atoms with Gasteiger partial charge in [0.15, 0.2) is 6.10 Å². The summed E-state index contributed by atoms with van der Waals surface area (Å²) in [5, 5.41) is 6.83. The Labute approximate surface area is 151 Å². The van der Waals surface area contributed by atoms with Gasteiger partial charge >= 0.3 is 0 Å². The SMILES string of the molecule is CN1C(=O)CCc2cc(NC(=O)C3=NOC(c4ccccc4)C3)ccc21. The number of rotatable bonds is 3. The van der Waals surface area contributed by atoms with E-state index in [9.17, 15) is 9.59 Å². The lowest BCUT2D eigenvalue weighted by Crippen LogP contribution is -2.31. The minimum Gasteiger partial charge on any atom is -0.387 e. The van der Waals surface area contributed by atoms with Gasteiger partial charge in [0, 0.05) is 31.3 Å². The van der Waals surface area contributed by atoms with E-state index in [-0.39, 0.29) is 17.9 Å². The molecule has 1 N–H and O–H groups in total. The van der Waals surface area contributed by atoms with Crippen molar-refractivity contribution in [2.24, 2.45) is 5.16 Å². The predicted octanol–water partition coefficient (Wildman–Crippen LogP) is 3.05. The van der Waals surface area contributed by atoms with Gasteiger partial charge in [-0.1, -0.05) is 35.5 Å². The third-order valence-electron chi connectivity index (χ3n) is 4.78. The smallest absolute Gasteiger partial charge is 0.273 e. The number of amides is 2. The predicted molar refractivity (Wildman–Crippen MR) is 99.1 cm³/mol. The second kappa shape index (κ2) is 6.63. The summed E-state index contributed by atoms with van der Waals surface area (Å²) in [7, 11) is 1.77. The fourth-order valence-electron chi connectivity index (χ4n) is 3.30. The Balaban J connectivity index is 1.44. The van der Waals surface area contributed by atoms with Crippen LogP contribution in [-0.4, -0.2) is 24.6 Å². The summed E-state index contributed by atoms with van der Waals surface area (Å²) >= 11 is 0. The van der Waals surface area contributed by atoms with Crippen LogP contribution in [0.3, 0.4) is 0 Å². The molecule has 0 aromatic heterocycles. The Hall–Kier alpha value is -3.15. The average molecular weight is 349 g/mol. The van der Waals surface area contributed by atoms with Crippen LogP contribution in [0.15, 0.2) is 53.7 Å². The molecule has 6 nitrogen and oxygen atoms in total. The summed E-state index contributed by atoms with van der Waals surface area (Å²) in [4.78, 5) is 31.3. The molecule has 0 spiro atoms. The molecular formula is C20H19N3O3. The third-order valence-corrected chi connectivity index (χ3v) is 4.78. The highest BCUT2D eigenvalue weighted by molar-refractivity contribution is 6.43. The lowest BCUT2D eigenvalue weighted by Gasteiger charge is -2.26. The Kier molecular flexibility index (Phi) is 4.16. The normalized spacial score (nSPS) is 18.8. The van der Waals surface area contributed by atoms with Crippen LogP contribution >= 0.6 is 0 Å². The summed E-state index contributed by atoms with van der Waals surface area (Å²) in [6.07, 6.45) is 1.39. The summed E-state index contributed by atoms with van der Waals surface area (Å²) in [5.74, 6) is -0.151. The molecule has 132 valence electrons. The summed E-state index contributed by atoms with van der Waals surface area (Å²) < 4.78 is 0. The maximum Gasteiger partial charge on any atom is 0.273 e. The Morgan fingerprint density at radius 3 is 2.81 bits per heavy atom. The van der Waals surface area contributed by atoms with Crippen molar-refractivity contribution >= 4 is 28.9 Å². The molecule has 0 saturated heterocycles. The highest BCUT2D eigenvalue weighted by Crippen LogP contribution is 2.30. The molecule has 0 saturated carbocycles. The molecule has 0 bridgehead atoms. The number of hydrogen-bond acceptors (Lipinski definition) is 4. The Morgan fingerprint density at radius 2 is 2.00 bits per heavy atom. The van der Waals surface area contributed by atoms with Crippen LogP contribution in [0.4, 0.5) is 11.4 Å². The standard InChI is InChI=1S/C20H19N3O3/c1-23-17-9-8-15(11-14(17)7-10-19(23)24)21-20(25)16-12-18(26-22-16)13-5-3-2-4-6-13/h2-6,8-9,11,18H,7,10,12H2,1H3,(H,21,25). The number of oxime groups is 1. The first-order valence-corrected chi connectivity index (χ1v) is 8.60. The van der Waals surface area contributed by atoms with Crippen LogP contribution in [-0.2, 0) is 20.8 Å². The van der Waals surface area contributed by atoms with Crippen molar-refractivity contribution in [3.8, 4) is 0 Å². The quantitative estimate of drug-likeness (QED) is 0.926. The topological polar surface area (TPSA) is 71.0 Å². The van der Waals surface area contributed by atoms with Crippen molar-refractivity contribution < 1.29 is 14.4 Å². The molecule has 2 aromatic rings. The van der Waals surface area contributed by atoms with Gasteiger partial charge in [0.25, 0.3) is 5.91 Å². The van der Waals surface area contributed by atoms with E-state index in [0.29, 0.717) is 30.7 Å². The highest BCUT2D eigenvalue weighted by atomic mass is 16.6. The molecule has 1 atom stereocenters. The average Bonchev–Trinajstić information content (AvgIpc) is 3.16. The first kappa shape index (κ1) is 16.3. The van der Waals surface area contributed by atoms with Crippen molar-refractivity contribution in [3.63, 3.8) is 0 Å². The molecule has 0 fully saturated rings. The van der Waals surface area contributed by atoms with Gasteiger partial charge in [-0.3, -0.25) is 9.59 Å². The molecule has 2 heterocycles. The number of benzene rings is 2. The van der Waals surface area contributed by atoms with Crippen LogP contribution < -0.4 is 10.2 Å². The van der Waals surface area contributed by atoms with Gasteiger partial charge in [-0.25, -0.2) is 0 Å². The second-order valence-corrected chi connectivity index (χ2v) is 6.50. The van der Waals surface area contributed by atoms with E-state index >= 15 is 0 Å². The first-order valence-electron chi connectivity index (χ1n) is 8.60. The molecule has 1 unspecified atom stereocenters. The van der Waals surface area contributed by atoms with Crippen molar-refractivity contribution in [2.45, 2.75) is 25.4 Å². The summed E-state index contributed by atoms with van der Waals surface area (Å²) in [6.45, 7) is 0. The molecule has 4 rings (SSSR count). The van der Waals surface area contributed by atoms with Gasteiger partial charge in [0.2, 0.25) is 5.91 Å². The largest absolute Gasteiger partial charge is 0.387 e. The molecule has 2 amide bonds. The van der Waals surface area contributed by atoms with Crippen LogP contribution in [0.1, 0.15) is 30.1 Å². The molecule has 26 heavy (non-hydrogen) atoms. The number of carbonyl (C=O) groups is 2. The number of aryl methyl sites for hydroxylation is 1. The van der Waals surface area contributed by atoms with Gasteiger partial charge in [-0.2, -0.15) is 0 Å². The maximum absolute atomic E-state index is 12.5. The van der Waals surface area contributed by atoms with E-state index in [1.54, 1.807) is 18.0 Å². The van der Waals surface area contributed by atoms with Crippen molar-refractivity contribution in [2.75, 3.05) is 17.3 Å². The van der Waals surface area contributed by atoms with E-state index in [1.165, 1.54) is 0 Å². The highest BCUT2D eigenvalue weighted by Gasteiger charge is 2.28. The van der Waals surface area contributed by atoms with E-state index < -0.39 is 0 Å². The van der Waals surface area contributed by atoms with Gasteiger partial charge < -0.3 is 15.1 Å². The molecule has 2 aliphatic heterocycles. The lowest BCUT2D eigenvalue weighted by molar-refractivity contribution is -0.118. The number of nitrogens with zero attached hydrogens (tertiary/aromatic N) is 2. The van der Waals surface area contributed by atoms with Crippen molar-refractivity contribution in [1.82, 2.24) is 0 Å². The molecule has 0 radical (unpaired) electrons. The van der Waals surface area contributed by atoms with Crippen LogP contribution in [0, 0.1) is 0 Å². The number of anilines is 2. The third kappa shape index (κ3) is 3.06. The van der Waals surface area contributed by atoms with Gasteiger partial charge in [0.05, 0.1) is 0 Å². The van der Waals surface area contributed by atoms with Crippen LogP contribution in [0.5, 0.6) is 0 Å². The Morgan fingerprint density at radius 1 is 1.19 bits per heavy atom. The molecule has 2 aromatic carbocycles. The van der Waals surface area contributed by atoms with Crippen LogP contribution in [0.25, 0.3) is 0 Å². The van der Waals surface area contributed by atoms with Crippen molar-refractivity contribution in [1.29, 1.82) is 0 Å². The monoisotopic (exact) mass is 349 g/mol. The van der Waals surface area contributed by atoms with Gasteiger partial charge in [-0.05, 0) is 35.7 Å². The fourth-order valence-corrected chi connectivity index (χ4v) is 3.30. The van der Waals surface area contributed by atoms with Crippen LogP contribution in [0.2, 0.25) is 0 Å². The number of hydrogen-bond donors (Lipinski definition) is 1. The minimum absolute atomic E-state index is 0.110. The van der Waals surface area contributed by atoms with E-state index in [2.05, 4.69) is 10.5 Å². The molecule has 0 aliphatic carbocycles. The van der Waals surface area contributed by atoms with E-state index in [1.807, 2.05) is 42.5 Å². The number of nitrogens with one attached hydrogen (secondary N) is 1. The van der Waals surface area contributed by atoms with Gasteiger partial charge in [-0.15, -0.1) is 0 Å². The minimum atomic E-state index is -0.261. The number of carbonyl (C=O) groups excluding carboxylic acids is 2. The summed E-state index contributed by atoms with van der Waals surface area (Å²) in [6, 6.07) is 15.3. The van der Waals surface area contributed by atoms with Crippen molar-refractivity contribution in [3.05, 3.63) is 59.7 Å². The zero-order valence-corrected chi connectivity index (χ0v) is 14.4. The molecule has 6 heteroatoms. The number of fused-ring (bicyclic) bond motifs is 1. The lowest BCUT2D eigenvalue weighted by atomic mass is 10.0. The zero-order chi connectivity index (χ0) is 18.1. The van der Waals surface area contributed by atoms with Gasteiger partial charge in [0.1, 0.15) is 5.71 Å². The maximum atomic E-state index is 12.5.